The molecule has 6 rings (SSSR count). The van der Waals surface area contributed by atoms with Crippen LogP contribution in [0.4, 0.5) is 22.7 Å². The molecule has 0 atom stereocenters. The van der Waals surface area contributed by atoms with Gasteiger partial charge >= 0.3 is 0 Å². The van der Waals surface area contributed by atoms with Crippen molar-refractivity contribution in [1.29, 1.82) is 0 Å². The number of anilines is 4. The highest BCUT2D eigenvalue weighted by Crippen LogP contribution is 2.37. The Labute approximate surface area is 218 Å². The molecule has 6 aromatic carbocycles. The van der Waals surface area contributed by atoms with Crippen LogP contribution in [-0.2, 0) is 0 Å². The monoisotopic (exact) mass is 476 g/mol. The summed E-state index contributed by atoms with van der Waals surface area (Å²) >= 11 is 0. The van der Waals surface area contributed by atoms with E-state index in [9.17, 15) is 0 Å². The summed E-state index contributed by atoms with van der Waals surface area (Å²) in [4.78, 5) is 2.29. The highest BCUT2D eigenvalue weighted by atomic mass is 15.1. The van der Waals surface area contributed by atoms with E-state index in [1.165, 1.54) is 16.7 Å². The van der Waals surface area contributed by atoms with Crippen molar-refractivity contribution in [1.82, 2.24) is 0 Å². The first-order chi connectivity index (χ1) is 18.2. The van der Waals surface area contributed by atoms with Crippen LogP contribution in [0, 0.1) is 6.92 Å². The zero-order valence-electron chi connectivity index (χ0n) is 20.8. The molecule has 2 N–H and O–H groups in total. The van der Waals surface area contributed by atoms with Crippen molar-refractivity contribution in [3.63, 3.8) is 0 Å². The van der Waals surface area contributed by atoms with Crippen LogP contribution in [0.2, 0.25) is 0 Å². The first-order valence-electron chi connectivity index (χ1n) is 12.6. The third-order valence-corrected chi connectivity index (χ3v) is 6.90. The summed E-state index contributed by atoms with van der Waals surface area (Å²) in [5.74, 6) is 0. The minimum absolute atomic E-state index is 0.826. The number of aryl methyl sites for hydroxylation is 1. The van der Waals surface area contributed by atoms with E-state index in [0.29, 0.717) is 0 Å². The zero-order chi connectivity index (χ0) is 25.2. The number of nitrogen functional groups attached to an aromatic ring is 1. The summed E-state index contributed by atoms with van der Waals surface area (Å²) in [5.41, 5.74) is 16.6. The van der Waals surface area contributed by atoms with Crippen LogP contribution >= 0.6 is 0 Å². The smallest absolute Gasteiger partial charge is 0.0473 e. The summed E-state index contributed by atoms with van der Waals surface area (Å²) in [5, 5.41) is 2.26. The van der Waals surface area contributed by atoms with E-state index in [4.69, 9.17) is 5.73 Å². The number of hydrogen-bond acceptors (Lipinski definition) is 2. The van der Waals surface area contributed by atoms with E-state index in [1.54, 1.807) is 0 Å². The average Bonchev–Trinajstić information content (AvgIpc) is 2.95. The van der Waals surface area contributed by atoms with E-state index in [2.05, 4.69) is 139 Å². The number of hydrogen-bond donors (Lipinski definition) is 1. The molecule has 0 aromatic heterocycles. The normalized spacial score (nSPS) is 10.9. The maximum atomic E-state index is 6.55. The van der Waals surface area contributed by atoms with Crippen LogP contribution in [0.15, 0.2) is 140 Å². The summed E-state index contributed by atoms with van der Waals surface area (Å²) in [6, 6.07) is 49.1. The van der Waals surface area contributed by atoms with Gasteiger partial charge in [0.25, 0.3) is 0 Å². The van der Waals surface area contributed by atoms with Gasteiger partial charge < -0.3 is 10.6 Å². The van der Waals surface area contributed by atoms with Crippen molar-refractivity contribution in [2.75, 3.05) is 10.6 Å². The van der Waals surface area contributed by atoms with Gasteiger partial charge in [-0.05, 0) is 71.0 Å². The number of nitrogens with zero attached hydrogens (tertiary/aromatic N) is 1. The van der Waals surface area contributed by atoms with E-state index < -0.39 is 0 Å². The van der Waals surface area contributed by atoms with Gasteiger partial charge in [-0.1, -0.05) is 103 Å². The Hall–Kier alpha value is -4.82. The van der Waals surface area contributed by atoms with E-state index in [1.807, 2.05) is 12.1 Å². The minimum atomic E-state index is 0.826. The SMILES string of the molecule is Cc1cccc(N(c2ccccc2)c2ccc(-c3ccc(-c4ccc5ccccc5c4N)cc3)cc2)c1. The number of nitrogens with two attached hydrogens (primary N) is 1. The van der Waals surface area contributed by atoms with Gasteiger partial charge in [0, 0.05) is 33.7 Å². The molecular weight excluding hydrogens is 448 g/mol. The van der Waals surface area contributed by atoms with Crippen LogP contribution in [-0.4, -0.2) is 0 Å². The summed E-state index contributed by atoms with van der Waals surface area (Å²) in [7, 11) is 0. The van der Waals surface area contributed by atoms with Gasteiger partial charge in [0.1, 0.15) is 0 Å². The van der Waals surface area contributed by atoms with Crippen LogP contribution in [0.3, 0.4) is 0 Å². The molecule has 0 saturated carbocycles. The highest BCUT2D eigenvalue weighted by Gasteiger charge is 2.13. The predicted molar refractivity (Wildman–Crippen MR) is 159 cm³/mol. The summed E-state index contributed by atoms with van der Waals surface area (Å²) in [6.45, 7) is 2.13. The molecule has 6 aromatic rings. The second-order valence-electron chi connectivity index (χ2n) is 9.38. The molecule has 0 unspecified atom stereocenters. The topological polar surface area (TPSA) is 29.3 Å². The Morgan fingerprint density at radius 2 is 1.08 bits per heavy atom. The lowest BCUT2D eigenvalue weighted by Gasteiger charge is -2.26. The van der Waals surface area contributed by atoms with Gasteiger partial charge in [0.2, 0.25) is 0 Å². The molecule has 0 bridgehead atoms. The molecule has 0 heterocycles. The fraction of sp³-hybridized carbons (Fsp3) is 0.0286. The van der Waals surface area contributed by atoms with Crippen LogP contribution in [0.25, 0.3) is 33.0 Å². The Bertz CT molecular complexity index is 1670. The summed E-state index contributed by atoms with van der Waals surface area (Å²) < 4.78 is 0. The Morgan fingerprint density at radius 3 is 1.81 bits per heavy atom. The Morgan fingerprint density at radius 1 is 0.486 bits per heavy atom. The highest BCUT2D eigenvalue weighted by molar-refractivity contribution is 6.00. The fourth-order valence-electron chi connectivity index (χ4n) is 4.98. The lowest BCUT2D eigenvalue weighted by Crippen LogP contribution is -2.09. The quantitative estimate of drug-likeness (QED) is 0.251. The molecule has 37 heavy (non-hydrogen) atoms. The Kier molecular flexibility index (Phi) is 5.92. The van der Waals surface area contributed by atoms with Crippen molar-refractivity contribution < 1.29 is 0 Å². The minimum Gasteiger partial charge on any atom is -0.398 e. The van der Waals surface area contributed by atoms with E-state index in [-0.39, 0.29) is 0 Å². The number of fused-ring (bicyclic) bond motifs is 1. The molecule has 0 aliphatic rings. The molecule has 0 fully saturated rings. The fourth-order valence-corrected chi connectivity index (χ4v) is 4.98. The lowest BCUT2D eigenvalue weighted by molar-refractivity contribution is 1.27. The molecule has 0 spiro atoms. The summed E-state index contributed by atoms with van der Waals surface area (Å²) in [6.07, 6.45) is 0. The predicted octanol–water partition coefficient (Wildman–Crippen LogP) is 9.53. The van der Waals surface area contributed by atoms with Crippen molar-refractivity contribution in [2.24, 2.45) is 0 Å². The largest absolute Gasteiger partial charge is 0.398 e. The molecule has 0 aliphatic carbocycles. The number of benzene rings is 6. The van der Waals surface area contributed by atoms with Gasteiger partial charge in [-0.3, -0.25) is 0 Å². The van der Waals surface area contributed by atoms with Crippen molar-refractivity contribution in [2.45, 2.75) is 6.92 Å². The third kappa shape index (κ3) is 4.46. The standard InChI is InChI=1S/C35H28N2/c1-25-8-7-12-32(24-25)37(30-10-3-2-4-11-30)31-21-18-27(19-22-31)26-14-16-29(17-15-26)34-23-20-28-9-5-6-13-33(28)35(34)36/h2-24H,36H2,1H3. The third-order valence-electron chi connectivity index (χ3n) is 6.90. The molecule has 2 heteroatoms. The van der Waals surface area contributed by atoms with E-state index >= 15 is 0 Å². The molecule has 0 amide bonds. The molecule has 2 nitrogen and oxygen atoms in total. The van der Waals surface area contributed by atoms with Crippen LogP contribution in [0.1, 0.15) is 5.56 Å². The van der Waals surface area contributed by atoms with Gasteiger partial charge in [0.15, 0.2) is 0 Å². The second kappa shape index (κ2) is 9.67. The first-order valence-corrected chi connectivity index (χ1v) is 12.6. The molecule has 0 saturated heterocycles. The maximum absolute atomic E-state index is 6.55. The van der Waals surface area contributed by atoms with Crippen molar-refractivity contribution in [3.05, 3.63) is 145 Å². The molecule has 178 valence electrons. The van der Waals surface area contributed by atoms with Gasteiger partial charge in [-0.2, -0.15) is 0 Å². The first kappa shape index (κ1) is 22.6. The molecular formula is C35H28N2. The van der Waals surface area contributed by atoms with Crippen LogP contribution < -0.4 is 10.6 Å². The van der Waals surface area contributed by atoms with Crippen molar-refractivity contribution >= 4 is 33.5 Å². The maximum Gasteiger partial charge on any atom is 0.0473 e. The lowest BCUT2D eigenvalue weighted by atomic mass is 9.96. The average molecular weight is 477 g/mol. The zero-order valence-corrected chi connectivity index (χ0v) is 20.8. The van der Waals surface area contributed by atoms with Gasteiger partial charge in [-0.25, -0.2) is 0 Å². The van der Waals surface area contributed by atoms with Gasteiger partial charge in [-0.15, -0.1) is 0 Å². The molecule has 0 radical (unpaired) electrons. The number of para-hydroxylation sites is 1. The van der Waals surface area contributed by atoms with E-state index in [0.717, 1.165) is 44.6 Å². The van der Waals surface area contributed by atoms with Crippen LogP contribution in [0.5, 0.6) is 0 Å². The molecule has 0 aliphatic heterocycles. The van der Waals surface area contributed by atoms with Crippen molar-refractivity contribution in [3.8, 4) is 22.3 Å². The Balaban J connectivity index is 1.32. The van der Waals surface area contributed by atoms with Gasteiger partial charge in [0.05, 0.1) is 0 Å². The second-order valence-corrected chi connectivity index (χ2v) is 9.38. The number of rotatable bonds is 5.